The highest BCUT2D eigenvalue weighted by Crippen LogP contribution is 2.26. The van der Waals surface area contributed by atoms with E-state index >= 15 is 0 Å². The number of anilines is 1. The quantitative estimate of drug-likeness (QED) is 0.706. The summed E-state index contributed by atoms with van der Waals surface area (Å²) in [5.74, 6) is 4.37. The maximum Gasteiger partial charge on any atom is 0.236 e. The number of aromatic nitrogens is 1. The van der Waals surface area contributed by atoms with E-state index in [1.165, 1.54) is 0 Å². The van der Waals surface area contributed by atoms with E-state index in [-0.39, 0.29) is 10.5 Å². The largest absolute Gasteiger partial charge is 0.480 e. The highest BCUT2D eigenvalue weighted by molar-refractivity contribution is 8.13. The first kappa shape index (κ1) is 9.06. The van der Waals surface area contributed by atoms with E-state index in [1.54, 1.807) is 13.3 Å². The van der Waals surface area contributed by atoms with Gasteiger partial charge in [0.05, 0.1) is 12.8 Å². The molecular weight excluding hydrogens is 172 g/mol. The highest BCUT2D eigenvalue weighted by atomic mass is 32.2. The van der Waals surface area contributed by atoms with E-state index in [1.807, 2.05) is 12.3 Å². The van der Waals surface area contributed by atoms with Crippen molar-refractivity contribution < 1.29 is 4.74 Å². The third kappa shape index (κ3) is 1.76. The molecule has 1 atom stereocenters. The maximum absolute atomic E-state index is 5.66. The molecule has 1 aromatic rings. The van der Waals surface area contributed by atoms with Gasteiger partial charge < -0.3 is 10.5 Å². The number of hydrogen-bond donors (Lipinski definition) is 1. The average Bonchev–Trinajstić information content (AvgIpc) is 2.04. The Morgan fingerprint density at radius 1 is 1.67 bits per heavy atom. The van der Waals surface area contributed by atoms with E-state index in [0.29, 0.717) is 11.6 Å². The summed E-state index contributed by atoms with van der Waals surface area (Å²) in [5, 5.41) is 0. The van der Waals surface area contributed by atoms with Gasteiger partial charge in [-0.2, -0.15) is 10.5 Å². The zero-order valence-corrected chi connectivity index (χ0v) is 8.02. The van der Waals surface area contributed by atoms with Crippen molar-refractivity contribution in [3.05, 3.63) is 12.3 Å². The molecule has 4 heteroatoms. The fourth-order valence-electron chi connectivity index (χ4n) is 0.810. The second-order valence-electron chi connectivity index (χ2n) is 2.41. The Morgan fingerprint density at radius 2 is 2.33 bits per heavy atom. The predicted octanol–water partition coefficient (Wildman–Crippen LogP) is 1.36. The number of methoxy groups -OCH3 is 1. The van der Waals surface area contributed by atoms with E-state index in [2.05, 4.69) is 10.9 Å². The van der Waals surface area contributed by atoms with Gasteiger partial charge in [0.15, 0.2) is 0 Å². The van der Waals surface area contributed by atoms with Crippen LogP contribution >= 0.6 is 10.5 Å². The number of ether oxygens (including phenoxy) is 1. The van der Waals surface area contributed by atoms with Gasteiger partial charge >= 0.3 is 0 Å². The second-order valence-corrected chi connectivity index (χ2v) is 4.15. The molecule has 3 nitrogen and oxygen atoms in total. The molecule has 0 fully saturated rings. The molecule has 0 spiro atoms. The monoisotopic (exact) mass is 184 g/mol. The Kier molecular flexibility index (Phi) is 2.70. The second kappa shape index (κ2) is 3.58. The molecule has 1 unspecified atom stereocenters. The van der Waals surface area contributed by atoms with Gasteiger partial charge in [0, 0.05) is 11.1 Å². The predicted molar refractivity (Wildman–Crippen MR) is 54.1 cm³/mol. The van der Waals surface area contributed by atoms with Gasteiger partial charge in [0.2, 0.25) is 5.88 Å². The van der Waals surface area contributed by atoms with Crippen LogP contribution in [0.1, 0.15) is 0 Å². The van der Waals surface area contributed by atoms with Crippen LogP contribution in [0.15, 0.2) is 17.2 Å². The normalized spacial score (nSPS) is 12.5. The van der Waals surface area contributed by atoms with Gasteiger partial charge in [-0.15, -0.1) is 0 Å². The molecule has 1 aromatic heterocycles. The number of nitrogens with zero attached hydrogens (tertiary/aromatic N) is 1. The summed E-state index contributed by atoms with van der Waals surface area (Å²) in [4.78, 5) is 5.09. The summed E-state index contributed by atoms with van der Waals surface area (Å²) in [5.41, 5.74) is 6.23. The fraction of sp³-hybridized carbons (Fsp3) is 0.250. The highest BCUT2D eigenvalue weighted by Gasteiger charge is 2.01. The van der Waals surface area contributed by atoms with Gasteiger partial charge in [0.1, 0.15) is 0 Å². The Labute approximate surface area is 74.5 Å². The van der Waals surface area contributed by atoms with E-state index in [0.717, 1.165) is 4.90 Å². The number of nitrogen functional groups attached to an aromatic ring is 1. The van der Waals surface area contributed by atoms with Crippen molar-refractivity contribution in [2.24, 2.45) is 0 Å². The van der Waals surface area contributed by atoms with Crippen LogP contribution in [0.2, 0.25) is 0 Å². The molecule has 0 amide bonds. The van der Waals surface area contributed by atoms with Crippen LogP contribution in [0.25, 0.3) is 0 Å². The van der Waals surface area contributed by atoms with Crippen molar-refractivity contribution in [1.29, 1.82) is 0 Å². The van der Waals surface area contributed by atoms with Crippen LogP contribution in [0.5, 0.6) is 5.88 Å². The third-order valence-electron chi connectivity index (χ3n) is 1.45. The smallest absolute Gasteiger partial charge is 0.236 e. The molecule has 0 aliphatic rings. The molecule has 0 saturated carbocycles. The van der Waals surface area contributed by atoms with E-state index in [9.17, 15) is 0 Å². The van der Waals surface area contributed by atoms with Crippen molar-refractivity contribution in [3.63, 3.8) is 0 Å². The minimum Gasteiger partial charge on any atom is -0.480 e. The summed E-state index contributed by atoms with van der Waals surface area (Å²) in [6.07, 6.45) is 3.76. The third-order valence-corrected chi connectivity index (χ3v) is 2.48. The molecule has 66 valence electrons. The first-order valence-corrected chi connectivity index (χ1v) is 5.20. The SMILES string of the molecule is C=S(C)c1cnc(OC)c(N)c1. The molecule has 0 bridgehead atoms. The Hall–Kier alpha value is -1.03. The Bertz CT molecular complexity index is 312. The molecule has 0 aliphatic carbocycles. The molecule has 12 heavy (non-hydrogen) atoms. The number of nitrogens with two attached hydrogens (primary N) is 1. The molecule has 0 radical (unpaired) electrons. The lowest BCUT2D eigenvalue weighted by atomic mass is 10.4. The van der Waals surface area contributed by atoms with Gasteiger partial charge in [-0.05, 0) is 12.3 Å². The summed E-state index contributed by atoms with van der Waals surface area (Å²) in [7, 11) is 1.50. The van der Waals surface area contributed by atoms with Crippen LogP contribution in [-0.2, 0) is 0 Å². The molecule has 0 aliphatic heterocycles. The summed E-state index contributed by atoms with van der Waals surface area (Å²) < 4.78 is 4.93. The standard InChI is InChI=1S/C8H12N2OS/c1-11-8-7(9)4-6(5-10-8)12(2)3/h4-5H,2,9H2,1,3H3. The molecular formula is C8H12N2OS. The minimum atomic E-state index is -0.0475. The molecule has 1 rings (SSSR count). The van der Waals surface area contributed by atoms with Crippen molar-refractivity contribution >= 4 is 22.0 Å². The van der Waals surface area contributed by atoms with Crippen molar-refractivity contribution in [1.82, 2.24) is 4.98 Å². The molecule has 0 aromatic carbocycles. The molecule has 0 saturated heterocycles. The summed E-state index contributed by atoms with van der Waals surface area (Å²) >= 11 is 0. The summed E-state index contributed by atoms with van der Waals surface area (Å²) in [6.45, 7) is 0. The minimum absolute atomic E-state index is 0.0475. The van der Waals surface area contributed by atoms with Gasteiger partial charge in [0.25, 0.3) is 0 Å². The van der Waals surface area contributed by atoms with Gasteiger partial charge in [-0.25, -0.2) is 4.98 Å². The zero-order valence-electron chi connectivity index (χ0n) is 7.20. The maximum atomic E-state index is 5.66. The summed E-state index contributed by atoms with van der Waals surface area (Å²) in [6, 6.07) is 1.85. The molecule has 2 N–H and O–H groups in total. The zero-order chi connectivity index (χ0) is 9.14. The number of pyridine rings is 1. The van der Waals surface area contributed by atoms with Crippen LogP contribution in [-0.4, -0.2) is 24.2 Å². The van der Waals surface area contributed by atoms with Gasteiger partial charge in [-0.3, -0.25) is 0 Å². The van der Waals surface area contributed by atoms with Crippen LogP contribution < -0.4 is 10.5 Å². The molecule has 1 heterocycles. The van der Waals surface area contributed by atoms with Crippen LogP contribution in [0, 0.1) is 0 Å². The fourth-order valence-corrected chi connectivity index (χ4v) is 1.37. The van der Waals surface area contributed by atoms with Crippen LogP contribution in [0.3, 0.4) is 0 Å². The Balaban J connectivity index is 3.10. The van der Waals surface area contributed by atoms with Crippen LogP contribution in [0.4, 0.5) is 5.69 Å². The van der Waals surface area contributed by atoms with Crippen molar-refractivity contribution in [3.8, 4) is 5.88 Å². The topological polar surface area (TPSA) is 48.1 Å². The Morgan fingerprint density at radius 3 is 2.75 bits per heavy atom. The van der Waals surface area contributed by atoms with E-state index in [4.69, 9.17) is 10.5 Å². The lowest BCUT2D eigenvalue weighted by Gasteiger charge is -2.05. The number of hydrogen-bond acceptors (Lipinski definition) is 3. The average molecular weight is 184 g/mol. The van der Waals surface area contributed by atoms with Crippen molar-refractivity contribution in [2.45, 2.75) is 4.90 Å². The van der Waals surface area contributed by atoms with Gasteiger partial charge in [-0.1, -0.05) is 5.87 Å². The lowest BCUT2D eigenvalue weighted by Crippen LogP contribution is -1.95. The van der Waals surface area contributed by atoms with E-state index < -0.39 is 0 Å². The first-order valence-electron chi connectivity index (χ1n) is 3.40. The first-order chi connectivity index (χ1) is 5.65. The number of rotatable bonds is 2. The van der Waals surface area contributed by atoms with Crippen molar-refractivity contribution in [2.75, 3.05) is 19.1 Å². The lowest BCUT2D eigenvalue weighted by molar-refractivity contribution is 0.399.